The highest BCUT2D eigenvalue weighted by molar-refractivity contribution is 7.15. The lowest BCUT2D eigenvalue weighted by atomic mass is 10.2. The number of aryl methyl sites for hydroxylation is 1. The van der Waals surface area contributed by atoms with Gasteiger partial charge in [0.1, 0.15) is 0 Å². The van der Waals surface area contributed by atoms with Gasteiger partial charge in [0, 0.05) is 16.6 Å². The molecular formula is C15H18N2O3S. The molecule has 0 aliphatic carbocycles. The molecule has 21 heavy (non-hydrogen) atoms. The molecule has 6 heteroatoms. The van der Waals surface area contributed by atoms with Crippen molar-refractivity contribution in [2.45, 2.75) is 20.3 Å². The maximum Gasteiger partial charge on any atom is 0.257 e. The quantitative estimate of drug-likeness (QED) is 0.887. The second kappa shape index (κ2) is 7.08. The Morgan fingerprint density at radius 2 is 2.19 bits per heavy atom. The van der Waals surface area contributed by atoms with Crippen LogP contribution < -0.4 is 14.8 Å². The molecule has 0 radical (unpaired) electrons. The van der Waals surface area contributed by atoms with E-state index < -0.39 is 0 Å². The number of thiazole rings is 1. The second-order valence-electron chi connectivity index (χ2n) is 4.44. The van der Waals surface area contributed by atoms with E-state index in [0.29, 0.717) is 28.8 Å². The third-order valence-electron chi connectivity index (χ3n) is 2.73. The fourth-order valence-electron chi connectivity index (χ4n) is 1.72. The summed E-state index contributed by atoms with van der Waals surface area (Å²) in [5.74, 6) is 0.970. The van der Waals surface area contributed by atoms with Crippen LogP contribution in [0.25, 0.3) is 0 Å². The molecule has 0 saturated carbocycles. The normalized spacial score (nSPS) is 10.2. The summed E-state index contributed by atoms with van der Waals surface area (Å²) in [5.41, 5.74) is 0.503. The van der Waals surface area contributed by atoms with Gasteiger partial charge < -0.3 is 9.47 Å². The van der Waals surface area contributed by atoms with E-state index in [9.17, 15) is 4.79 Å². The molecule has 0 spiro atoms. The highest BCUT2D eigenvalue weighted by atomic mass is 32.1. The number of methoxy groups -OCH3 is 1. The summed E-state index contributed by atoms with van der Waals surface area (Å²) < 4.78 is 10.8. The van der Waals surface area contributed by atoms with E-state index in [1.165, 1.54) is 11.3 Å². The van der Waals surface area contributed by atoms with Gasteiger partial charge in [-0.2, -0.15) is 0 Å². The predicted octanol–water partition coefficient (Wildman–Crippen LogP) is 3.50. The van der Waals surface area contributed by atoms with Crippen LogP contribution in [0.15, 0.2) is 24.4 Å². The van der Waals surface area contributed by atoms with E-state index in [-0.39, 0.29) is 5.91 Å². The molecular weight excluding hydrogens is 288 g/mol. The SMILES string of the molecule is CCCOc1ccc(C(=O)Nc2ncc(C)s2)cc1OC. The molecule has 112 valence electrons. The smallest absolute Gasteiger partial charge is 0.257 e. The maximum atomic E-state index is 12.2. The molecule has 2 aromatic rings. The number of rotatable bonds is 6. The Bertz CT molecular complexity index is 625. The van der Waals surface area contributed by atoms with Crippen LogP contribution in [-0.4, -0.2) is 24.6 Å². The fourth-order valence-corrected chi connectivity index (χ4v) is 2.38. The molecule has 2 rings (SSSR count). The molecule has 5 nitrogen and oxygen atoms in total. The second-order valence-corrected chi connectivity index (χ2v) is 5.68. The predicted molar refractivity (Wildman–Crippen MR) is 83.6 cm³/mol. The van der Waals surface area contributed by atoms with Crippen molar-refractivity contribution in [2.24, 2.45) is 0 Å². The molecule has 0 fully saturated rings. The highest BCUT2D eigenvalue weighted by Crippen LogP contribution is 2.28. The summed E-state index contributed by atoms with van der Waals surface area (Å²) >= 11 is 1.44. The van der Waals surface area contributed by atoms with E-state index in [4.69, 9.17) is 9.47 Å². The first-order valence-electron chi connectivity index (χ1n) is 6.68. The van der Waals surface area contributed by atoms with E-state index >= 15 is 0 Å². The van der Waals surface area contributed by atoms with Crippen molar-refractivity contribution in [2.75, 3.05) is 19.0 Å². The van der Waals surface area contributed by atoms with Crippen molar-refractivity contribution >= 4 is 22.4 Å². The molecule has 1 N–H and O–H groups in total. The van der Waals surface area contributed by atoms with Crippen molar-refractivity contribution in [3.63, 3.8) is 0 Å². The summed E-state index contributed by atoms with van der Waals surface area (Å²) in [6, 6.07) is 5.13. The van der Waals surface area contributed by atoms with Crippen LogP contribution in [-0.2, 0) is 0 Å². The Morgan fingerprint density at radius 1 is 1.38 bits per heavy atom. The number of anilines is 1. The van der Waals surface area contributed by atoms with E-state index in [1.807, 2.05) is 13.8 Å². The van der Waals surface area contributed by atoms with Crippen molar-refractivity contribution in [1.29, 1.82) is 0 Å². The summed E-state index contributed by atoms with van der Waals surface area (Å²) in [4.78, 5) is 17.3. The molecule has 0 aliphatic heterocycles. The minimum absolute atomic E-state index is 0.218. The molecule has 0 bridgehead atoms. The number of nitrogens with one attached hydrogen (secondary N) is 1. The Balaban J connectivity index is 2.13. The molecule has 1 amide bonds. The highest BCUT2D eigenvalue weighted by Gasteiger charge is 2.12. The number of amides is 1. The molecule has 0 unspecified atom stereocenters. The molecule has 0 atom stereocenters. The minimum atomic E-state index is -0.218. The molecule has 0 aliphatic rings. The van der Waals surface area contributed by atoms with E-state index in [1.54, 1.807) is 31.5 Å². The molecule has 0 saturated heterocycles. The molecule has 1 aromatic heterocycles. The lowest BCUT2D eigenvalue weighted by Gasteiger charge is -2.11. The first kappa shape index (κ1) is 15.3. The summed E-state index contributed by atoms with van der Waals surface area (Å²) in [6.07, 6.45) is 2.64. The van der Waals surface area contributed by atoms with Gasteiger partial charge in [-0.05, 0) is 31.5 Å². The average molecular weight is 306 g/mol. The van der Waals surface area contributed by atoms with Crippen molar-refractivity contribution in [1.82, 2.24) is 4.98 Å². The third-order valence-corrected chi connectivity index (χ3v) is 3.56. The van der Waals surface area contributed by atoms with Gasteiger partial charge in [0.15, 0.2) is 16.6 Å². The monoisotopic (exact) mass is 306 g/mol. The summed E-state index contributed by atoms with van der Waals surface area (Å²) in [5, 5.41) is 3.35. The zero-order valence-corrected chi connectivity index (χ0v) is 13.1. The van der Waals surface area contributed by atoms with Crippen LogP contribution in [0.2, 0.25) is 0 Å². The number of nitrogens with zero attached hydrogens (tertiary/aromatic N) is 1. The number of carbonyl (C=O) groups excluding carboxylic acids is 1. The van der Waals surface area contributed by atoms with Gasteiger partial charge in [-0.3, -0.25) is 10.1 Å². The Labute approximate surface area is 127 Å². The lowest BCUT2D eigenvalue weighted by molar-refractivity contribution is 0.102. The standard InChI is InChI=1S/C15H18N2O3S/c1-4-7-20-12-6-5-11(8-13(12)19-3)14(18)17-15-16-9-10(2)21-15/h5-6,8-9H,4,7H2,1-3H3,(H,16,17,18). The van der Waals surface area contributed by atoms with Gasteiger partial charge in [-0.1, -0.05) is 6.92 Å². The number of hydrogen-bond donors (Lipinski definition) is 1. The zero-order valence-electron chi connectivity index (χ0n) is 12.3. The largest absolute Gasteiger partial charge is 0.493 e. The van der Waals surface area contributed by atoms with Crippen LogP contribution in [0.4, 0.5) is 5.13 Å². The van der Waals surface area contributed by atoms with E-state index in [2.05, 4.69) is 10.3 Å². The van der Waals surface area contributed by atoms with Gasteiger partial charge in [0.05, 0.1) is 13.7 Å². The number of hydrogen-bond acceptors (Lipinski definition) is 5. The van der Waals surface area contributed by atoms with Crippen LogP contribution in [0.5, 0.6) is 11.5 Å². The number of benzene rings is 1. The molecule has 1 aromatic carbocycles. The van der Waals surface area contributed by atoms with Gasteiger partial charge in [0.2, 0.25) is 0 Å². The summed E-state index contributed by atoms with van der Waals surface area (Å²) in [7, 11) is 1.56. The van der Waals surface area contributed by atoms with Crippen LogP contribution in [0, 0.1) is 6.92 Å². The Hall–Kier alpha value is -2.08. The topological polar surface area (TPSA) is 60.5 Å². The van der Waals surface area contributed by atoms with Gasteiger partial charge in [-0.15, -0.1) is 11.3 Å². The van der Waals surface area contributed by atoms with Crippen molar-refractivity contribution < 1.29 is 14.3 Å². The number of ether oxygens (including phenoxy) is 2. The number of aromatic nitrogens is 1. The minimum Gasteiger partial charge on any atom is -0.493 e. The van der Waals surface area contributed by atoms with Crippen molar-refractivity contribution in [3.05, 3.63) is 34.8 Å². The van der Waals surface area contributed by atoms with Crippen LogP contribution in [0.3, 0.4) is 0 Å². The number of carbonyl (C=O) groups is 1. The maximum absolute atomic E-state index is 12.2. The summed E-state index contributed by atoms with van der Waals surface area (Å²) in [6.45, 7) is 4.58. The zero-order chi connectivity index (χ0) is 15.2. The first-order valence-corrected chi connectivity index (χ1v) is 7.50. The van der Waals surface area contributed by atoms with Gasteiger partial charge >= 0.3 is 0 Å². The van der Waals surface area contributed by atoms with Gasteiger partial charge in [-0.25, -0.2) is 4.98 Å². The van der Waals surface area contributed by atoms with Crippen LogP contribution in [0.1, 0.15) is 28.6 Å². The lowest BCUT2D eigenvalue weighted by Crippen LogP contribution is -2.12. The average Bonchev–Trinajstić information content (AvgIpc) is 2.90. The Morgan fingerprint density at radius 3 is 2.81 bits per heavy atom. The molecule has 1 heterocycles. The van der Waals surface area contributed by atoms with Gasteiger partial charge in [0.25, 0.3) is 5.91 Å². The first-order chi connectivity index (χ1) is 10.1. The third kappa shape index (κ3) is 3.95. The van der Waals surface area contributed by atoms with Crippen molar-refractivity contribution in [3.8, 4) is 11.5 Å². The van der Waals surface area contributed by atoms with Crippen LogP contribution >= 0.6 is 11.3 Å². The Kier molecular flexibility index (Phi) is 5.16. The fraction of sp³-hybridized carbons (Fsp3) is 0.333. The van der Waals surface area contributed by atoms with E-state index in [0.717, 1.165) is 11.3 Å².